The first kappa shape index (κ1) is 15.0. The highest BCUT2D eigenvalue weighted by atomic mass is 32.2. The molecule has 0 fully saturated rings. The van der Waals surface area contributed by atoms with Crippen LogP contribution < -0.4 is 0 Å². The molecule has 108 valence electrons. The second kappa shape index (κ2) is 6.39. The second-order valence-electron chi connectivity index (χ2n) is 5.70. The van der Waals surface area contributed by atoms with Crippen LogP contribution >= 0.6 is 11.8 Å². The fourth-order valence-electron chi connectivity index (χ4n) is 2.33. The molecule has 0 saturated heterocycles. The van der Waals surface area contributed by atoms with Crippen LogP contribution in [-0.4, -0.2) is 20.2 Å². The van der Waals surface area contributed by atoms with Gasteiger partial charge in [0.2, 0.25) is 5.16 Å². The summed E-state index contributed by atoms with van der Waals surface area (Å²) in [6.45, 7) is 11.7. The van der Waals surface area contributed by atoms with Crippen molar-refractivity contribution in [1.29, 1.82) is 0 Å². The lowest BCUT2D eigenvalue weighted by atomic mass is 10.0. The van der Waals surface area contributed by atoms with Gasteiger partial charge in [0.05, 0.1) is 0 Å². The van der Waals surface area contributed by atoms with Crippen LogP contribution in [-0.2, 0) is 12.3 Å². The number of nitrogens with zero attached hydrogens (tertiary/aromatic N) is 4. The standard InChI is InChI=1S/C15H22N4S/c1-10(2)8-19-15(16-17-18-19)20-9-14-12(4)6-11(3)7-13(14)5/h6-7,10H,8-9H2,1-5H3. The maximum atomic E-state index is 4.13. The van der Waals surface area contributed by atoms with Crippen molar-refractivity contribution in [1.82, 2.24) is 20.2 Å². The summed E-state index contributed by atoms with van der Waals surface area (Å²) in [7, 11) is 0. The van der Waals surface area contributed by atoms with E-state index in [1.165, 1.54) is 22.3 Å². The van der Waals surface area contributed by atoms with E-state index < -0.39 is 0 Å². The van der Waals surface area contributed by atoms with Crippen molar-refractivity contribution in [2.24, 2.45) is 5.92 Å². The number of aryl methyl sites for hydroxylation is 3. The Bertz CT molecular complexity index is 566. The Morgan fingerprint density at radius 1 is 1.15 bits per heavy atom. The van der Waals surface area contributed by atoms with Gasteiger partial charge in [-0.05, 0) is 53.8 Å². The van der Waals surface area contributed by atoms with Crippen molar-refractivity contribution in [3.8, 4) is 0 Å². The molecule has 5 heteroatoms. The molecular formula is C15H22N4S. The fraction of sp³-hybridized carbons (Fsp3) is 0.533. The molecule has 0 bridgehead atoms. The van der Waals surface area contributed by atoms with Crippen LogP contribution in [0.1, 0.15) is 36.1 Å². The summed E-state index contributed by atoms with van der Waals surface area (Å²) in [4.78, 5) is 0. The third kappa shape index (κ3) is 3.60. The highest BCUT2D eigenvalue weighted by Crippen LogP contribution is 2.25. The van der Waals surface area contributed by atoms with E-state index in [1.807, 2.05) is 4.68 Å². The van der Waals surface area contributed by atoms with Crippen molar-refractivity contribution >= 4 is 11.8 Å². The molecule has 0 amide bonds. The van der Waals surface area contributed by atoms with Gasteiger partial charge in [0.25, 0.3) is 0 Å². The molecule has 0 saturated carbocycles. The van der Waals surface area contributed by atoms with Crippen molar-refractivity contribution in [2.45, 2.75) is 52.1 Å². The van der Waals surface area contributed by atoms with Gasteiger partial charge in [-0.15, -0.1) is 5.10 Å². The molecule has 4 nitrogen and oxygen atoms in total. The number of aromatic nitrogens is 4. The molecule has 0 radical (unpaired) electrons. The molecular weight excluding hydrogens is 268 g/mol. The zero-order chi connectivity index (χ0) is 14.7. The topological polar surface area (TPSA) is 43.6 Å². The zero-order valence-corrected chi connectivity index (χ0v) is 13.7. The van der Waals surface area contributed by atoms with Crippen LogP contribution in [0.25, 0.3) is 0 Å². The van der Waals surface area contributed by atoms with Gasteiger partial charge in [0, 0.05) is 12.3 Å². The Morgan fingerprint density at radius 3 is 2.40 bits per heavy atom. The number of rotatable bonds is 5. The predicted octanol–water partition coefficient (Wildman–Crippen LogP) is 3.55. The molecule has 2 aromatic rings. The highest BCUT2D eigenvalue weighted by molar-refractivity contribution is 7.98. The van der Waals surface area contributed by atoms with Crippen molar-refractivity contribution in [3.05, 3.63) is 34.4 Å². The van der Waals surface area contributed by atoms with Gasteiger partial charge in [-0.2, -0.15) is 0 Å². The quantitative estimate of drug-likeness (QED) is 0.790. The molecule has 20 heavy (non-hydrogen) atoms. The normalized spacial score (nSPS) is 11.3. The summed E-state index contributed by atoms with van der Waals surface area (Å²) in [5.74, 6) is 1.46. The van der Waals surface area contributed by atoms with E-state index in [1.54, 1.807) is 11.8 Å². The van der Waals surface area contributed by atoms with Crippen LogP contribution in [0.2, 0.25) is 0 Å². The number of tetrazole rings is 1. The summed E-state index contributed by atoms with van der Waals surface area (Å²) >= 11 is 1.71. The smallest absolute Gasteiger partial charge is 0.209 e. The summed E-state index contributed by atoms with van der Waals surface area (Å²) < 4.78 is 1.90. The van der Waals surface area contributed by atoms with Gasteiger partial charge in [0.1, 0.15) is 0 Å². The Balaban J connectivity index is 2.12. The average molecular weight is 290 g/mol. The van der Waals surface area contributed by atoms with E-state index in [9.17, 15) is 0 Å². The van der Waals surface area contributed by atoms with Gasteiger partial charge in [-0.1, -0.05) is 43.3 Å². The molecule has 1 heterocycles. The molecule has 0 unspecified atom stereocenters. The number of thioether (sulfide) groups is 1. The summed E-state index contributed by atoms with van der Waals surface area (Å²) in [6, 6.07) is 4.47. The minimum Gasteiger partial charge on any atom is -0.220 e. The first-order valence-corrected chi connectivity index (χ1v) is 7.91. The zero-order valence-electron chi connectivity index (χ0n) is 12.8. The van der Waals surface area contributed by atoms with Gasteiger partial charge in [-0.3, -0.25) is 0 Å². The van der Waals surface area contributed by atoms with E-state index in [-0.39, 0.29) is 0 Å². The molecule has 1 aromatic carbocycles. The molecule has 0 aliphatic rings. The third-order valence-corrected chi connectivity index (χ3v) is 4.21. The number of benzene rings is 1. The molecule has 1 aromatic heterocycles. The molecule has 0 atom stereocenters. The average Bonchev–Trinajstić information content (AvgIpc) is 2.74. The Morgan fingerprint density at radius 2 is 1.80 bits per heavy atom. The SMILES string of the molecule is Cc1cc(C)c(CSc2nnnn2CC(C)C)c(C)c1. The summed E-state index contributed by atoms with van der Waals surface area (Å²) in [6.07, 6.45) is 0. The predicted molar refractivity (Wildman–Crippen MR) is 82.9 cm³/mol. The lowest BCUT2D eigenvalue weighted by molar-refractivity contribution is 0.446. The van der Waals surface area contributed by atoms with E-state index in [0.29, 0.717) is 5.92 Å². The van der Waals surface area contributed by atoms with E-state index in [2.05, 4.69) is 62.3 Å². The van der Waals surface area contributed by atoms with Gasteiger partial charge in [0.15, 0.2) is 0 Å². The second-order valence-corrected chi connectivity index (χ2v) is 6.65. The largest absolute Gasteiger partial charge is 0.220 e. The summed E-state index contributed by atoms with van der Waals surface area (Å²) in [5, 5.41) is 12.9. The Hall–Kier alpha value is -1.36. The van der Waals surface area contributed by atoms with Crippen LogP contribution in [0.3, 0.4) is 0 Å². The lowest BCUT2D eigenvalue weighted by Gasteiger charge is -2.11. The van der Waals surface area contributed by atoms with Gasteiger partial charge < -0.3 is 0 Å². The van der Waals surface area contributed by atoms with E-state index in [0.717, 1.165) is 17.5 Å². The minimum absolute atomic E-state index is 0.542. The van der Waals surface area contributed by atoms with Crippen LogP contribution in [0, 0.1) is 26.7 Å². The summed E-state index contributed by atoms with van der Waals surface area (Å²) in [5.41, 5.74) is 5.40. The number of hydrogen-bond donors (Lipinski definition) is 0. The third-order valence-electron chi connectivity index (χ3n) is 3.22. The van der Waals surface area contributed by atoms with Crippen molar-refractivity contribution in [3.63, 3.8) is 0 Å². The Labute approximate surface area is 125 Å². The van der Waals surface area contributed by atoms with Gasteiger partial charge >= 0.3 is 0 Å². The van der Waals surface area contributed by atoms with Gasteiger partial charge in [-0.25, -0.2) is 4.68 Å². The number of hydrogen-bond acceptors (Lipinski definition) is 4. The Kier molecular flexibility index (Phi) is 4.81. The monoisotopic (exact) mass is 290 g/mol. The first-order valence-electron chi connectivity index (χ1n) is 6.93. The van der Waals surface area contributed by atoms with E-state index in [4.69, 9.17) is 0 Å². The lowest BCUT2D eigenvalue weighted by Crippen LogP contribution is -2.07. The van der Waals surface area contributed by atoms with E-state index >= 15 is 0 Å². The molecule has 0 aliphatic carbocycles. The molecule has 2 rings (SSSR count). The molecule has 0 N–H and O–H groups in total. The van der Waals surface area contributed by atoms with Crippen LogP contribution in [0.15, 0.2) is 17.3 Å². The first-order chi connectivity index (χ1) is 9.47. The van der Waals surface area contributed by atoms with Crippen molar-refractivity contribution < 1.29 is 0 Å². The maximum absolute atomic E-state index is 4.13. The maximum Gasteiger partial charge on any atom is 0.209 e. The van der Waals surface area contributed by atoms with Crippen LogP contribution in [0.4, 0.5) is 0 Å². The van der Waals surface area contributed by atoms with Crippen molar-refractivity contribution in [2.75, 3.05) is 0 Å². The van der Waals surface area contributed by atoms with Crippen LogP contribution in [0.5, 0.6) is 0 Å². The molecule has 0 aliphatic heterocycles. The molecule has 0 spiro atoms. The fourth-order valence-corrected chi connectivity index (χ4v) is 3.42. The minimum atomic E-state index is 0.542. The highest BCUT2D eigenvalue weighted by Gasteiger charge is 2.11.